The largest absolute Gasteiger partial charge is 0.444 e. The molecule has 0 radical (unpaired) electrons. The quantitative estimate of drug-likeness (QED) is 0.555. The molecule has 1 aliphatic heterocycles. The summed E-state index contributed by atoms with van der Waals surface area (Å²) >= 11 is 0. The molecule has 8 nitrogen and oxygen atoms in total. The lowest BCUT2D eigenvalue weighted by Gasteiger charge is -2.37. The summed E-state index contributed by atoms with van der Waals surface area (Å²) in [5.41, 5.74) is -0.575. The summed E-state index contributed by atoms with van der Waals surface area (Å²) in [6.45, 7) is 16.4. The van der Waals surface area contributed by atoms with Gasteiger partial charge in [-0.15, -0.1) is 0 Å². The Hall–Kier alpha value is -2.25. The molecule has 1 aromatic heterocycles. The predicted octanol–water partition coefficient (Wildman–Crippen LogP) is 3.82. The van der Waals surface area contributed by atoms with Crippen LogP contribution in [0.2, 0.25) is 0 Å². The summed E-state index contributed by atoms with van der Waals surface area (Å²) in [5.74, 6) is 2.12. The SMILES string of the molecule is CCNC(=NCc1ncc(C(C)(C)C)o1)NCC1CCCCN1C(=O)OC(C)(C)C. The maximum absolute atomic E-state index is 12.6. The Kier molecular flexibility index (Phi) is 8.15. The van der Waals surface area contributed by atoms with Gasteiger partial charge in [0.05, 0.1) is 12.2 Å². The fourth-order valence-corrected chi connectivity index (χ4v) is 3.21. The number of guanidine groups is 1. The molecule has 2 rings (SSSR count). The molecule has 2 heterocycles. The van der Waals surface area contributed by atoms with E-state index in [4.69, 9.17) is 9.15 Å². The Balaban J connectivity index is 1.98. The van der Waals surface area contributed by atoms with Gasteiger partial charge < -0.3 is 24.7 Å². The van der Waals surface area contributed by atoms with E-state index in [0.29, 0.717) is 24.9 Å². The summed E-state index contributed by atoms with van der Waals surface area (Å²) in [7, 11) is 0. The van der Waals surface area contributed by atoms with Crippen LogP contribution in [-0.4, -0.2) is 53.2 Å². The lowest BCUT2D eigenvalue weighted by Crippen LogP contribution is -2.52. The van der Waals surface area contributed by atoms with Crippen LogP contribution >= 0.6 is 0 Å². The number of carbonyl (C=O) groups is 1. The molecule has 1 aromatic rings. The van der Waals surface area contributed by atoms with Crippen molar-refractivity contribution in [2.75, 3.05) is 19.6 Å². The molecule has 0 bridgehead atoms. The Morgan fingerprint density at radius 1 is 1.27 bits per heavy atom. The molecule has 170 valence electrons. The molecule has 2 N–H and O–H groups in total. The zero-order chi connectivity index (χ0) is 22.4. The van der Waals surface area contributed by atoms with E-state index in [1.807, 2.05) is 32.6 Å². The topological polar surface area (TPSA) is 92.0 Å². The van der Waals surface area contributed by atoms with Crippen LogP contribution in [0.3, 0.4) is 0 Å². The van der Waals surface area contributed by atoms with Gasteiger partial charge in [-0.05, 0) is 47.0 Å². The molecule has 0 aliphatic carbocycles. The van der Waals surface area contributed by atoms with Gasteiger partial charge in [-0.3, -0.25) is 0 Å². The second-order valence-electron chi connectivity index (χ2n) is 9.77. The lowest BCUT2D eigenvalue weighted by molar-refractivity contribution is 0.0104. The number of ether oxygens (including phenoxy) is 1. The van der Waals surface area contributed by atoms with E-state index in [-0.39, 0.29) is 17.6 Å². The van der Waals surface area contributed by atoms with Gasteiger partial charge in [-0.2, -0.15) is 0 Å². The zero-order valence-corrected chi connectivity index (χ0v) is 19.7. The standard InChI is InChI=1S/C22H39N5O3/c1-8-23-19(26-15-18-24-14-17(29-18)21(2,3)4)25-13-16-11-9-10-12-27(16)20(28)30-22(5,6)7/h14,16H,8-13,15H2,1-7H3,(H2,23,25,26). The third-order valence-corrected chi connectivity index (χ3v) is 4.77. The van der Waals surface area contributed by atoms with Gasteiger partial charge in [-0.25, -0.2) is 14.8 Å². The first-order valence-corrected chi connectivity index (χ1v) is 11.0. The predicted molar refractivity (Wildman–Crippen MR) is 119 cm³/mol. The van der Waals surface area contributed by atoms with Crippen LogP contribution in [0.1, 0.15) is 79.4 Å². The lowest BCUT2D eigenvalue weighted by atomic mass is 9.94. The minimum Gasteiger partial charge on any atom is -0.444 e. The summed E-state index contributed by atoms with van der Waals surface area (Å²) in [6.07, 6.45) is 4.58. The molecule has 0 aromatic carbocycles. The number of amides is 1. The Morgan fingerprint density at radius 3 is 2.60 bits per heavy atom. The van der Waals surface area contributed by atoms with Crippen molar-refractivity contribution in [3.63, 3.8) is 0 Å². The van der Waals surface area contributed by atoms with Crippen molar-refractivity contribution in [1.82, 2.24) is 20.5 Å². The maximum Gasteiger partial charge on any atom is 0.410 e. The van der Waals surface area contributed by atoms with E-state index >= 15 is 0 Å². The van der Waals surface area contributed by atoms with Crippen LogP contribution < -0.4 is 10.6 Å². The maximum atomic E-state index is 12.6. The minimum atomic E-state index is -0.495. The number of oxazole rings is 1. The highest BCUT2D eigenvalue weighted by molar-refractivity contribution is 5.79. The smallest absolute Gasteiger partial charge is 0.410 e. The van der Waals surface area contributed by atoms with Crippen molar-refractivity contribution in [2.45, 2.75) is 91.3 Å². The highest BCUT2D eigenvalue weighted by atomic mass is 16.6. The van der Waals surface area contributed by atoms with Gasteiger partial charge in [0.15, 0.2) is 5.96 Å². The molecule has 8 heteroatoms. The number of carbonyl (C=O) groups excluding carboxylic acids is 1. The summed E-state index contributed by atoms with van der Waals surface area (Å²) in [4.78, 5) is 23.4. The third kappa shape index (κ3) is 7.54. The zero-order valence-electron chi connectivity index (χ0n) is 19.7. The summed E-state index contributed by atoms with van der Waals surface area (Å²) in [5, 5.41) is 6.61. The molecule has 0 spiro atoms. The van der Waals surface area contributed by atoms with Crippen molar-refractivity contribution in [2.24, 2.45) is 4.99 Å². The van der Waals surface area contributed by atoms with Crippen molar-refractivity contribution < 1.29 is 13.9 Å². The number of hydrogen-bond acceptors (Lipinski definition) is 5. The number of piperidine rings is 1. The number of nitrogens with zero attached hydrogens (tertiary/aromatic N) is 3. The van der Waals surface area contributed by atoms with Crippen molar-refractivity contribution in [3.05, 3.63) is 17.8 Å². The van der Waals surface area contributed by atoms with Crippen LogP contribution in [-0.2, 0) is 16.7 Å². The van der Waals surface area contributed by atoms with Crippen molar-refractivity contribution in [1.29, 1.82) is 0 Å². The van der Waals surface area contributed by atoms with E-state index in [1.165, 1.54) is 0 Å². The molecule has 1 fully saturated rings. The number of nitrogens with one attached hydrogen (secondary N) is 2. The van der Waals surface area contributed by atoms with Gasteiger partial charge in [-0.1, -0.05) is 20.8 Å². The van der Waals surface area contributed by atoms with E-state index < -0.39 is 5.60 Å². The van der Waals surface area contributed by atoms with E-state index in [1.54, 1.807) is 6.20 Å². The fraction of sp³-hybridized carbons (Fsp3) is 0.773. The molecule has 1 amide bonds. The van der Waals surface area contributed by atoms with Crippen LogP contribution in [0.5, 0.6) is 0 Å². The first-order chi connectivity index (χ1) is 14.0. The van der Waals surface area contributed by atoms with Crippen LogP contribution in [0.4, 0.5) is 4.79 Å². The van der Waals surface area contributed by atoms with Crippen molar-refractivity contribution in [3.8, 4) is 0 Å². The molecule has 1 aliphatic rings. The molecular formula is C22H39N5O3. The number of hydrogen-bond donors (Lipinski definition) is 2. The Labute approximate surface area is 180 Å². The summed E-state index contributed by atoms with van der Waals surface area (Å²) < 4.78 is 11.4. The first-order valence-electron chi connectivity index (χ1n) is 11.0. The van der Waals surface area contributed by atoms with Gasteiger partial charge in [0.2, 0.25) is 5.89 Å². The highest BCUT2D eigenvalue weighted by Gasteiger charge is 2.30. The minimum absolute atomic E-state index is 0.0756. The van der Waals surface area contributed by atoms with E-state index in [9.17, 15) is 4.79 Å². The average molecular weight is 422 g/mol. The average Bonchev–Trinajstić information content (AvgIpc) is 3.12. The van der Waals surface area contributed by atoms with Gasteiger partial charge in [0.1, 0.15) is 17.9 Å². The Morgan fingerprint density at radius 2 is 2.00 bits per heavy atom. The van der Waals surface area contributed by atoms with Gasteiger partial charge >= 0.3 is 6.09 Å². The molecule has 1 atom stereocenters. The highest BCUT2D eigenvalue weighted by Crippen LogP contribution is 2.23. The number of aromatic nitrogens is 1. The van der Waals surface area contributed by atoms with E-state index in [0.717, 1.165) is 38.1 Å². The van der Waals surface area contributed by atoms with Crippen LogP contribution in [0, 0.1) is 0 Å². The third-order valence-electron chi connectivity index (χ3n) is 4.77. The monoisotopic (exact) mass is 421 g/mol. The molecular weight excluding hydrogens is 382 g/mol. The van der Waals surface area contributed by atoms with Crippen LogP contribution in [0.25, 0.3) is 0 Å². The van der Waals surface area contributed by atoms with Crippen LogP contribution in [0.15, 0.2) is 15.6 Å². The van der Waals surface area contributed by atoms with Crippen molar-refractivity contribution >= 4 is 12.1 Å². The fourth-order valence-electron chi connectivity index (χ4n) is 3.21. The number of likely N-dealkylation sites (tertiary alicyclic amines) is 1. The van der Waals surface area contributed by atoms with Gasteiger partial charge in [0, 0.05) is 25.0 Å². The Bertz CT molecular complexity index is 715. The van der Waals surface area contributed by atoms with Gasteiger partial charge in [0.25, 0.3) is 0 Å². The number of rotatable bonds is 5. The molecule has 1 unspecified atom stereocenters. The van der Waals surface area contributed by atoms with E-state index in [2.05, 4.69) is 41.4 Å². The second kappa shape index (κ2) is 10.2. The number of aliphatic imine (C=N–C) groups is 1. The normalized spacial score (nSPS) is 18.3. The molecule has 30 heavy (non-hydrogen) atoms. The molecule has 0 saturated carbocycles. The first kappa shape index (κ1) is 24.0. The second-order valence-corrected chi connectivity index (χ2v) is 9.77. The summed E-state index contributed by atoms with van der Waals surface area (Å²) in [6, 6.07) is 0.0756. The molecule has 1 saturated heterocycles.